The lowest BCUT2D eigenvalue weighted by Gasteiger charge is -2.19. The molecular weight excluding hydrogens is 252 g/mol. The van der Waals surface area contributed by atoms with Crippen LogP contribution in [0.25, 0.3) is 0 Å². The Bertz CT molecular complexity index is 613. The molecule has 0 fully saturated rings. The lowest BCUT2D eigenvalue weighted by atomic mass is 9.87. The Kier molecular flexibility index (Phi) is 3.74. The van der Waals surface area contributed by atoms with Gasteiger partial charge in [-0.05, 0) is 29.2 Å². The molecule has 20 heavy (non-hydrogen) atoms. The summed E-state index contributed by atoms with van der Waals surface area (Å²) in [6.45, 7) is 6.41. The Balaban J connectivity index is 2.12. The van der Waals surface area contributed by atoms with Crippen LogP contribution in [0.1, 0.15) is 36.7 Å². The van der Waals surface area contributed by atoms with Gasteiger partial charge in [0.15, 0.2) is 0 Å². The molecule has 0 spiro atoms. The average Bonchev–Trinajstić information content (AvgIpc) is 2.38. The van der Waals surface area contributed by atoms with Crippen molar-refractivity contribution in [1.29, 1.82) is 0 Å². The molecule has 0 aliphatic rings. The number of amides is 1. The summed E-state index contributed by atoms with van der Waals surface area (Å²) >= 11 is 0. The van der Waals surface area contributed by atoms with Gasteiger partial charge in [0.05, 0.1) is 11.8 Å². The third-order valence-electron chi connectivity index (χ3n) is 2.99. The van der Waals surface area contributed by atoms with Crippen LogP contribution in [-0.4, -0.2) is 16.0 Å². The van der Waals surface area contributed by atoms with Gasteiger partial charge in [0.25, 0.3) is 5.91 Å². The second-order valence-corrected chi connectivity index (χ2v) is 5.71. The normalized spacial score (nSPS) is 11.2. The van der Waals surface area contributed by atoms with E-state index in [9.17, 15) is 9.90 Å². The van der Waals surface area contributed by atoms with Gasteiger partial charge < -0.3 is 10.4 Å². The van der Waals surface area contributed by atoms with Gasteiger partial charge in [-0.1, -0.05) is 32.9 Å². The van der Waals surface area contributed by atoms with Crippen LogP contribution in [0.3, 0.4) is 0 Å². The number of nitrogens with one attached hydrogen (secondary N) is 1. The van der Waals surface area contributed by atoms with Gasteiger partial charge in [-0.15, -0.1) is 0 Å². The zero-order valence-electron chi connectivity index (χ0n) is 11.8. The van der Waals surface area contributed by atoms with Gasteiger partial charge >= 0.3 is 0 Å². The van der Waals surface area contributed by atoms with E-state index in [1.165, 1.54) is 24.0 Å². The van der Waals surface area contributed by atoms with E-state index in [-0.39, 0.29) is 17.1 Å². The van der Waals surface area contributed by atoms with Gasteiger partial charge in [0.2, 0.25) is 0 Å². The maximum atomic E-state index is 12.0. The highest BCUT2D eigenvalue weighted by molar-refractivity contribution is 6.04. The van der Waals surface area contributed by atoms with Crippen molar-refractivity contribution in [2.24, 2.45) is 0 Å². The molecular formula is C16H18N2O2. The molecule has 0 aliphatic heterocycles. The predicted molar refractivity (Wildman–Crippen MR) is 79.0 cm³/mol. The highest BCUT2D eigenvalue weighted by Gasteiger charge is 2.13. The summed E-state index contributed by atoms with van der Waals surface area (Å²) in [6, 6.07) is 9.11. The first-order chi connectivity index (χ1) is 9.36. The first-order valence-corrected chi connectivity index (χ1v) is 6.42. The molecule has 1 amide bonds. The Morgan fingerprint density at radius 3 is 2.35 bits per heavy atom. The van der Waals surface area contributed by atoms with Crippen molar-refractivity contribution < 1.29 is 9.90 Å². The second kappa shape index (κ2) is 5.33. The number of hydrogen-bond acceptors (Lipinski definition) is 3. The highest BCUT2D eigenvalue weighted by Crippen LogP contribution is 2.23. The molecule has 1 heterocycles. The fraction of sp³-hybridized carbons (Fsp3) is 0.250. The van der Waals surface area contributed by atoms with Gasteiger partial charge in [-0.25, -0.2) is 0 Å². The van der Waals surface area contributed by atoms with Gasteiger partial charge in [-0.3, -0.25) is 9.78 Å². The molecule has 2 aromatic rings. The molecule has 104 valence electrons. The zero-order valence-corrected chi connectivity index (χ0v) is 11.8. The van der Waals surface area contributed by atoms with Crippen molar-refractivity contribution in [2.45, 2.75) is 26.2 Å². The van der Waals surface area contributed by atoms with E-state index in [1.54, 1.807) is 0 Å². The number of pyridine rings is 1. The molecule has 2 N–H and O–H groups in total. The monoisotopic (exact) mass is 270 g/mol. The fourth-order valence-corrected chi connectivity index (χ4v) is 1.81. The number of carbonyl (C=O) groups excluding carboxylic acids is 1. The maximum absolute atomic E-state index is 12.0. The Morgan fingerprint density at radius 2 is 1.80 bits per heavy atom. The molecule has 0 aliphatic carbocycles. The number of hydrogen-bond donors (Lipinski definition) is 2. The van der Waals surface area contributed by atoms with E-state index in [4.69, 9.17) is 0 Å². The minimum atomic E-state index is -0.295. The van der Waals surface area contributed by atoms with Crippen LogP contribution in [0, 0.1) is 0 Å². The molecule has 0 unspecified atom stereocenters. The minimum Gasteiger partial charge on any atom is -0.506 e. The van der Waals surface area contributed by atoms with Crippen molar-refractivity contribution in [3.63, 3.8) is 0 Å². The van der Waals surface area contributed by atoms with Crippen LogP contribution in [0.2, 0.25) is 0 Å². The third kappa shape index (κ3) is 3.35. The number of aromatic nitrogens is 1. The number of carbonyl (C=O) groups is 1. The Hall–Kier alpha value is -2.36. The van der Waals surface area contributed by atoms with E-state index in [0.29, 0.717) is 11.3 Å². The molecule has 2 rings (SSSR count). The van der Waals surface area contributed by atoms with Gasteiger partial charge in [-0.2, -0.15) is 0 Å². The van der Waals surface area contributed by atoms with Crippen molar-refractivity contribution in [1.82, 2.24) is 4.98 Å². The fourth-order valence-electron chi connectivity index (χ4n) is 1.81. The van der Waals surface area contributed by atoms with Crippen LogP contribution >= 0.6 is 0 Å². The van der Waals surface area contributed by atoms with E-state index < -0.39 is 0 Å². The number of benzene rings is 1. The van der Waals surface area contributed by atoms with Crippen molar-refractivity contribution >= 4 is 11.6 Å². The SMILES string of the molecule is CC(C)(C)c1ccc(NC(=O)c2cncc(O)c2)cc1. The molecule has 0 atom stereocenters. The number of aromatic hydroxyl groups is 1. The van der Waals surface area contributed by atoms with Crippen LogP contribution in [0.4, 0.5) is 5.69 Å². The number of nitrogens with zero attached hydrogens (tertiary/aromatic N) is 1. The summed E-state index contributed by atoms with van der Waals surface area (Å²) in [7, 11) is 0. The van der Waals surface area contributed by atoms with Gasteiger partial charge in [0.1, 0.15) is 5.75 Å². The first-order valence-electron chi connectivity index (χ1n) is 6.42. The van der Waals surface area contributed by atoms with E-state index >= 15 is 0 Å². The van der Waals surface area contributed by atoms with Crippen LogP contribution in [0.5, 0.6) is 5.75 Å². The molecule has 0 saturated heterocycles. The van der Waals surface area contributed by atoms with Gasteiger partial charge in [0, 0.05) is 11.9 Å². The molecule has 4 nitrogen and oxygen atoms in total. The summed E-state index contributed by atoms with van der Waals surface area (Å²) in [5.41, 5.74) is 2.32. The lowest BCUT2D eigenvalue weighted by molar-refractivity contribution is 0.102. The Morgan fingerprint density at radius 1 is 1.15 bits per heavy atom. The standard InChI is InChI=1S/C16H18N2O2/c1-16(2,3)12-4-6-13(7-5-12)18-15(20)11-8-14(19)10-17-9-11/h4-10,19H,1-3H3,(H,18,20). The van der Waals surface area contributed by atoms with Crippen molar-refractivity contribution in [2.75, 3.05) is 5.32 Å². The molecule has 0 radical (unpaired) electrons. The zero-order chi connectivity index (χ0) is 14.8. The highest BCUT2D eigenvalue weighted by atomic mass is 16.3. The topological polar surface area (TPSA) is 62.2 Å². The summed E-state index contributed by atoms with van der Waals surface area (Å²) in [5, 5.41) is 12.1. The van der Waals surface area contributed by atoms with Crippen LogP contribution in [0.15, 0.2) is 42.7 Å². The molecule has 4 heteroatoms. The Labute approximate surface area is 118 Å². The summed E-state index contributed by atoms with van der Waals surface area (Å²) in [5.74, 6) is -0.322. The first kappa shape index (κ1) is 14.1. The van der Waals surface area contributed by atoms with Crippen LogP contribution < -0.4 is 5.32 Å². The molecule has 1 aromatic heterocycles. The number of rotatable bonds is 2. The largest absolute Gasteiger partial charge is 0.506 e. The molecule has 0 saturated carbocycles. The van der Waals surface area contributed by atoms with Crippen molar-refractivity contribution in [3.8, 4) is 5.75 Å². The third-order valence-corrected chi connectivity index (χ3v) is 2.99. The van der Waals surface area contributed by atoms with E-state index in [0.717, 1.165) is 0 Å². The minimum absolute atomic E-state index is 0.0271. The smallest absolute Gasteiger partial charge is 0.257 e. The summed E-state index contributed by atoms with van der Waals surface area (Å²) in [6.07, 6.45) is 2.70. The summed E-state index contributed by atoms with van der Waals surface area (Å²) < 4.78 is 0. The maximum Gasteiger partial charge on any atom is 0.257 e. The van der Waals surface area contributed by atoms with Crippen molar-refractivity contribution in [3.05, 3.63) is 53.9 Å². The lowest BCUT2D eigenvalue weighted by Crippen LogP contribution is -2.13. The van der Waals surface area contributed by atoms with Crippen LogP contribution in [-0.2, 0) is 5.41 Å². The van der Waals surface area contributed by atoms with E-state index in [1.807, 2.05) is 24.3 Å². The molecule has 1 aromatic carbocycles. The number of anilines is 1. The predicted octanol–water partition coefficient (Wildman–Crippen LogP) is 3.34. The molecule has 0 bridgehead atoms. The van der Waals surface area contributed by atoms with E-state index in [2.05, 4.69) is 31.1 Å². The average molecular weight is 270 g/mol. The second-order valence-electron chi connectivity index (χ2n) is 5.71. The quantitative estimate of drug-likeness (QED) is 0.879. The summed E-state index contributed by atoms with van der Waals surface area (Å²) in [4.78, 5) is 15.8.